The molecule has 0 radical (unpaired) electrons. The van der Waals surface area contributed by atoms with Gasteiger partial charge in [-0.2, -0.15) is 0 Å². The summed E-state index contributed by atoms with van der Waals surface area (Å²) in [6, 6.07) is 0. The number of piperidine rings is 1. The zero-order valence-electron chi connectivity index (χ0n) is 12.3. The molecule has 1 aliphatic heterocycles. The van der Waals surface area contributed by atoms with Gasteiger partial charge in [0.2, 0.25) is 0 Å². The molecule has 4 nitrogen and oxygen atoms in total. The van der Waals surface area contributed by atoms with Crippen LogP contribution in [0.1, 0.15) is 40.0 Å². The number of hydrogen-bond donors (Lipinski definition) is 2. The first-order valence-corrected chi connectivity index (χ1v) is 7.38. The van der Waals surface area contributed by atoms with Gasteiger partial charge in [-0.1, -0.05) is 20.8 Å². The number of rotatable bonds is 6. The zero-order chi connectivity index (χ0) is 13.4. The molecule has 1 aliphatic rings. The van der Waals surface area contributed by atoms with E-state index in [9.17, 15) is 0 Å². The summed E-state index contributed by atoms with van der Waals surface area (Å²) < 4.78 is 0. The van der Waals surface area contributed by atoms with E-state index in [1.54, 1.807) is 0 Å². The van der Waals surface area contributed by atoms with Gasteiger partial charge in [-0.3, -0.25) is 4.99 Å². The van der Waals surface area contributed by atoms with Gasteiger partial charge in [0.15, 0.2) is 5.96 Å². The quantitative estimate of drug-likeness (QED) is 0.560. The second-order valence-corrected chi connectivity index (χ2v) is 5.81. The van der Waals surface area contributed by atoms with Crippen LogP contribution in [0.5, 0.6) is 0 Å². The Morgan fingerprint density at radius 1 is 1.50 bits per heavy atom. The van der Waals surface area contributed by atoms with Crippen molar-refractivity contribution < 1.29 is 0 Å². The molecule has 1 unspecified atom stereocenters. The minimum Gasteiger partial charge on any atom is -0.370 e. The molecule has 0 aliphatic carbocycles. The SMILES string of the molecule is CCCNC(N)=NCC1CCCN(CC(C)C)C1. The Morgan fingerprint density at radius 2 is 2.28 bits per heavy atom. The molecule has 0 aromatic heterocycles. The van der Waals surface area contributed by atoms with Crippen LogP contribution in [0.3, 0.4) is 0 Å². The molecule has 1 fully saturated rings. The van der Waals surface area contributed by atoms with Gasteiger partial charge in [0, 0.05) is 26.2 Å². The predicted octanol–water partition coefficient (Wildman–Crippen LogP) is 1.67. The maximum Gasteiger partial charge on any atom is 0.188 e. The Labute approximate surface area is 112 Å². The highest BCUT2D eigenvalue weighted by Gasteiger charge is 2.19. The highest BCUT2D eigenvalue weighted by atomic mass is 15.1. The first-order chi connectivity index (χ1) is 8.61. The van der Waals surface area contributed by atoms with Crippen LogP contribution in [-0.4, -0.2) is 43.6 Å². The van der Waals surface area contributed by atoms with Gasteiger partial charge in [0.05, 0.1) is 0 Å². The van der Waals surface area contributed by atoms with E-state index in [4.69, 9.17) is 5.73 Å². The molecule has 18 heavy (non-hydrogen) atoms. The van der Waals surface area contributed by atoms with E-state index in [-0.39, 0.29) is 0 Å². The van der Waals surface area contributed by atoms with Crippen molar-refractivity contribution in [1.82, 2.24) is 10.2 Å². The first kappa shape index (κ1) is 15.3. The first-order valence-electron chi connectivity index (χ1n) is 7.38. The number of nitrogens with zero attached hydrogens (tertiary/aromatic N) is 2. The van der Waals surface area contributed by atoms with Crippen molar-refractivity contribution in [2.24, 2.45) is 22.6 Å². The van der Waals surface area contributed by atoms with Crippen molar-refractivity contribution in [3.63, 3.8) is 0 Å². The van der Waals surface area contributed by atoms with Gasteiger partial charge in [0.25, 0.3) is 0 Å². The maximum atomic E-state index is 5.82. The third kappa shape index (κ3) is 6.24. The molecule has 3 N–H and O–H groups in total. The van der Waals surface area contributed by atoms with Gasteiger partial charge >= 0.3 is 0 Å². The van der Waals surface area contributed by atoms with Crippen molar-refractivity contribution in [2.45, 2.75) is 40.0 Å². The average Bonchev–Trinajstić information content (AvgIpc) is 2.33. The molecule has 0 aromatic carbocycles. The van der Waals surface area contributed by atoms with Crippen molar-refractivity contribution in [1.29, 1.82) is 0 Å². The third-order valence-corrected chi connectivity index (χ3v) is 3.30. The fraction of sp³-hybridized carbons (Fsp3) is 0.929. The van der Waals surface area contributed by atoms with Crippen LogP contribution in [0, 0.1) is 11.8 Å². The van der Waals surface area contributed by atoms with Crippen molar-refractivity contribution in [3.05, 3.63) is 0 Å². The molecular formula is C14H30N4. The summed E-state index contributed by atoms with van der Waals surface area (Å²) in [5.41, 5.74) is 5.82. The fourth-order valence-electron chi connectivity index (χ4n) is 2.52. The number of guanidine groups is 1. The van der Waals surface area contributed by atoms with E-state index >= 15 is 0 Å². The number of aliphatic imine (C=N–C) groups is 1. The fourth-order valence-corrected chi connectivity index (χ4v) is 2.52. The summed E-state index contributed by atoms with van der Waals surface area (Å²) in [6.07, 6.45) is 3.68. The molecule has 1 rings (SSSR count). The van der Waals surface area contributed by atoms with E-state index in [0.717, 1.165) is 25.4 Å². The highest BCUT2D eigenvalue weighted by molar-refractivity contribution is 5.77. The summed E-state index contributed by atoms with van der Waals surface area (Å²) in [7, 11) is 0. The van der Waals surface area contributed by atoms with E-state index < -0.39 is 0 Å². The van der Waals surface area contributed by atoms with Crippen molar-refractivity contribution in [2.75, 3.05) is 32.7 Å². The van der Waals surface area contributed by atoms with E-state index in [1.807, 2.05) is 0 Å². The standard InChI is InChI=1S/C14H30N4/c1-4-7-16-14(15)17-9-13-6-5-8-18(11-13)10-12(2)3/h12-13H,4-11H2,1-3H3,(H3,15,16,17). The van der Waals surface area contributed by atoms with Gasteiger partial charge in [-0.15, -0.1) is 0 Å². The molecule has 1 atom stereocenters. The van der Waals surface area contributed by atoms with E-state index in [1.165, 1.54) is 32.5 Å². The lowest BCUT2D eigenvalue weighted by molar-refractivity contribution is 0.162. The molecule has 0 spiro atoms. The summed E-state index contributed by atoms with van der Waals surface area (Å²) in [5, 5.41) is 3.13. The van der Waals surface area contributed by atoms with Gasteiger partial charge in [0.1, 0.15) is 0 Å². The second-order valence-electron chi connectivity index (χ2n) is 5.81. The molecule has 0 aromatic rings. The Balaban J connectivity index is 2.29. The summed E-state index contributed by atoms with van der Waals surface area (Å²) in [6.45, 7) is 12.1. The van der Waals surface area contributed by atoms with Crippen LogP contribution in [-0.2, 0) is 0 Å². The monoisotopic (exact) mass is 254 g/mol. The van der Waals surface area contributed by atoms with E-state index in [2.05, 4.69) is 36.0 Å². The number of nitrogens with two attached hydrogens (primary N) is 1. The van der Waals surface area contributed by atoms with Crippen molar-refractivity contribution in [3.8, 4) is 0 Å². The molecule has 1 heterocycles. The second kappa shape index (κ2) is 8.35. The lowest BCUT2D eigenvalue weighted by atomic mass is 9.97. The molecule has 1 saturated heterocycles. The largest absolute Gasteiger partial charge is 0.370 e. The highest BCUT2D eigenvalue weighted by Crippen LogP contribution is 2.17. The van der Waals surface area contributed by atoms with Crippen LogP contribution < -0.4 is 11.1 Å². The summed E-state index contributed by atoms with van der Waals surface area (Å²) in [5.74, 6) is 2.04. The molecule has 106 valence electrons. The number of likely N-dealkylation sites (tertiary alicyclic amines) is 1. The normalized spacial score (nSPS) is 22.4. The minimum atomic E-state index is 0.609. The molecular weight excluding hydrogens is 224 g/mol. The van der Waals surface area contributed by atoms with Crippen LogP contribution in [0.25, 0.3) is 0 Å². The third-order valence-electron chi connectivity index (χ3n) is 3.30. The summed E-state index contributed by atoms with van der Waals surface area (Å²) in [4.78, 5) is 7.03. The Morgan fingerprint density at radius 3 is 2.94 bits per heavy atom. The number of hydrogen-bond acceptors (Lipinski definition) is 2. The minimum absolute atomic E-state index is 0.609. The van der Waals surface area contributed by atoms with Crippen LogP contribution in [0.4, 0.5) is 0 Å². The van der Waals surface area contributed by atoms with Gasteiger partial charge in [-0.25, -0.2) is 0 Å². The van der Waals surface area contributed by atoms with Gasteiger partial charge < -0.3 is 16.0 Å². The lowest BCUT2D eigenvalue weighted by Gasteiger charge is -2.33. The lowest BCUT2D eigenvalue weighted by Crippen LogP contribution is -2.39. The maximum absolute atomic E-state index is 5.82. The topological polar surface area (TPSA) is 53.6 Å². The Hall–Kier alpha value is -0.770. The van der Waals surface area contributed by atoms with Crippen LogP contribution in [0.15, 0.2) is 4.99 Å². The van der Waals surface area contributed by atoms with Gasteiger partial charge in [-0.05, 0) is 37.6 Å². The zero-order valence-corrected chi connectivity index (χ0v) is 12.3. The average molecular weight is 254 g/mol. The molecule has 0 bridgehead atoms. The smallest absolute Gasteiger partial charge is 0.188 e. The number of nitrogens with one attached hydrogen (secondary N) is 1. The van der Waals surface area contributed by atoms with E-state index in [0.29, 0.717) is 11.9 Å². The molecule has 0 amide bonds. The Kier molecular flexibility index (Phi) is 7.09. The van der Waals surface area contributed by atoms with Crippen molar-refractivity contribution >= 4 is 5.96 Å². The molecule has 4 heteroatoms. The van der Waals surface area contributed by atoms with Crippen LogP contribution in [0.2, 0.25) is 0 Å². The van der Waals surface area contributed by atoms with Crippen LogP contribution >= 0.6 is 0 Å². The predicted molar refractivity (Wildman–Crippen MR) is 78.8 cm³/mol. The Bertz CT molecular complexity index is 250. The summed E-state index contributed by atoms with van der Waals surface area (Å²) >= 11 is 0. The molecule has 0 saturated carbocycles.